The van der Waals surface area contributed by atoms with Gasteiger partial charge in [0, 0.05) is 22.0 Å². The Labute approximate surface area is 136 Å². The molecule has 3 heteroatoms. The first-order chi connectivity index (χ1) is 10.1. The molecule has 3 rings (SSSR count). The van der Waals surface area contributed by atoms with Gasteiger partial charge in [-0.05, 0) is 59.9 Å². The average Bonchev–Trinajstić information content (AvgIpc) is 2.95. The molecule has 0 radical (unpaired) electrons. The van der Waals surface area contributed by atoms with Crippen LogP contribution in [0.1, 0.15) is 54.8 Å². The number of nitrogens with one attached hydrogen (secondary N) is 1. The Morgan fingerprint density at radius 3 is 2.67 bits per heavy atom. The normalized spacial score (nSPS) is 19.5. The Morgan fingerprint density at radius 1 is 1.19 bits per heavy atom. The molecule has 0 amide bonds. The molecule has 0 spiro atoms. The maximum atomic E-state index is 6.02. The first-order valence-corrected chi connectivity index (χ1v) is 8.98. The second-order valence-electron chi connectivity index (χ2n) is 6.18. The lowest BCUT2D eigenvalue weighted by molar-refractivity contribution is 0.340. The van der Waals surface area contributed by atoms with Crippen LogP contribution in [0.4, 0.5) is 0 Å². The number of benzene rings is 1. The van der Waals surface area contributed by atoms with Crippen LogP contribution in [0, 0.1) is 5.92 Å². The van der Waals surface area contributed by atoms with Crippen molar-refractivity contribution >= 4 is 22.9 Å². The Bertz CT molecular complexity index is 588. The number of fused-ring (bicyclic) bond motifs is 1. The quantitative estimate of drug-likeness (QED) is 0.754. The summed E-state index contributed by atoms with van der Waals surface area (Å²) < 4.78 is 0. The predicted molar refractivity (Wildman–Crippen MR) is 92.2 cm³/mol. The van der Waals surface area contributed by atoms with Crippen LogP contribution < -0.4 is 5.32 Å². The largest absolute Gasteiger partial charge is 0.303 e. The van der Waals surface area contributed by atoms with E-state index in [-0.39, 0.29) is 0 Å². The first kappa shape index (κ1) is 15.1. The lowest BCUT2D eigenvalue weighted by Crippen LogP contribution is -2.31. The Hall–Kier alpha value is -0.830. The summed E-state index contributed by atoms with van der Waals surface area (Å²) in [5.74, 6) is 0.551. The summed E-state index contributed by atoms with van der Waals surface area (Å²) in [7, 11) is 0. The minimum absolute atomic E-state index is 0.373. The van der Waals surface area contributed by atoms with Gasteiger partial charge >= 0.3 is 0 Å². The number of halogens is 1. The molecule has 0 saturated carbocycles. The highest BCUT2D eigenvalue weighted by Crippen LogP contribution is 2.36. The molecule has 1 nitrogen and oxygen atoms in total. The second-order valence-corrected chi connectivity index (χ2v) is 7.62. The zero-order valence-corrected chi connectivity index (χ0v) is 14.2. The van der Waals surface area contributed by atoms with Crippen LogP contribution in [0.3, 0.4) is 0 Å². The molecular formula is C18H22ClNS. The minimum atomic E-state index is 0.373. The minimum Gasteiger partial charge on any atom is -0.303 e. The summed E-state index contributed by atoms with van der Waals surface area (Å²) >= 11 is 7.93. The van der Waals surface area contributed by atoms with Crippen molar-refractivity contribution < 1.29 is 0 Å². The molecule has 1 aliphatic rings. The van der Waals surface area contributed by atoms with Gasteiger partial charge in [-0.3, -0.25) is 0 Å². The zero-order chi connectivity index (χ0) is 14.8. The van der Waals surface area contributed by atoms with Gasteiger partial charge in [0.15, 0.2) is 0 Å². The summed E-state index contributed by atoms with van der Waals surface area (Å²) in [6, 6.07) is 11.4. The molecule has 1 heterocycles. The van der Waals surface area contributed by atoms with Gasteiger partial charge in [0.2, 0.25) is 0 Å². The summed E-state index contributed by atoms with van der Waals surface area (Å²) in [5, 5.41) is 6.94. The lowest BCUT2D eigenvalue weighted by Gasteiger charge is -2.31. The van der Waals surface area contributed by atoms with E-state index in [0.29, 0.717) is 18.0 Å². The Morgan fingerprint density at radius 2 is 1.95 bits per heavy atom. The van der Waals surface area contributed by atoms with E-state index in [1.165, 1.54) is 30.4 Å². The van der Waals surface area contributed by atoms with Crippen LogP contribution in [-0.2, 0) is 6.42 Å². The van der Waals surface area contributed by atoms with Gasteiger partial charge in [-0.25, -0.2) is 0 Å². The molecule has 112 valence electrons. The Balaban J connectivity index is 1.82. The summed E-state index contributed by atoms with van der Waals surface area (Å²) in [6.07, 6.45) is 3.77. The molecule has 1 N–H and O–H groups in total. The van der Waals surface area contributed by atoms with Gasteiger partial charge in [0.05, 0.1) is 0 Å². The van der Waals surface area contributed by atoms with Crippen LogP contribution in [0.25, 0.3) is 0 Å². The van der Waals surface area contributed by atoms with Crippen molar-refractivity contribution in [2.45, 2.75) is 45.2 Å². The zero-order valence-electron chi connectivity index (χ0n) is 12.6. The smallest absolute Gasteiger partial charge is 0.0406 e. The molecular weight excluding hydrogens is 298 g/mol. The van der Waals surface area contributed by atoms with Gasteiger partial charge in [-0.2, -0.15) is 0 Å². The van der Waals surface area contributed by atoms with Crippen LogP contribution in [0.15, 0.2) is 35.7 Å². The molecule has 1 aromatic heterocycles. The van der Waals surface area contributed by atoms with Gasteiger partial charge < -0.3 is 5.32 Å². The van der Waals surface area contributed by atoms with E-state index in [1.807, 2.05) is 23.5 Å². The third kappa shape index (κ3) is 3.33. The van der Waals surface area contributed by atoms with Crippen molar-refractivity contribution in [2.24, 2.45) is 5.92 Å². The third-order valence-corrected chi connectivity index (χ3v) is 5.58. The standard InChI is InChI=1S/C18H22ClNS/c1-12(2)18(13-6-8-14(19)9-7-13)20-16-4-3-5-17-15(16)10-11-21-17/h6-12,16,18,20H,3-5H2,1-2H3. The third-order valence-electron chi connectivity index (χ3n) is 4.33. The fourth-order valence-electron chi connectivity index (χ4n) is 3.22. The summed E-state index contributed by atoms with van der Waals surface area (Å²) in [6.45, 7) is 4.56. The molecule has 2 aromatic rings. The highest BCUT2D eigenvalue weighted by molar-refractivity contribution is 7.10. The summed E-state index contributed by atoms with van der Waals surface area (Å²) in [4.78, 5) is 1.57. The van der Waals surface area contributed by atoms with Crippen molar-refractivity contribution in [3.63, 3.8) is 0 Å². The van der Waals surface area contributed by atoms with Crippen molar-refractivity contribution in [3.8, 4) is 0 Å². The van der Waals surface area contributed by atoms with Gasteiger partial charge in [0.25, 0.3) is 0 Å². The van der Waals surface area contributed by atoms with Crippen molar-refractivity contribution in [2.75, 3.05) is 0 Å². The van der Waals surface area contributed by atoms with E-state index in [9.17, 15) is 0 Å². The number of rotatable bonds is 4. The molecule has 0 fully saturated rings. The molecule has 1 aromatic carbocycles. The molecule has 21 heavy (non-hydrogen) atoms. The van der Waals surface area contributed by atoms with Crippen LogP contribution in [0.2, 0.25) is 5.02 Å². The molecule has 2 atom stereocenters. The Kier molecular flexibility index (Phi) is 4.68. The molecule has 0 bridgehead atoms. The number of aryl methyl sites for hydroxylation is 1. The number of hydrogen-bond donors (Lipinski definition) is 1. The second kappa shape index (κ2) is 6.51. The maximum Gasteiger partial charge on any atom is 0.0406 e. The molecule has 0 saturated heterocycles. The van der Waals surface area contributed by atoms with E-state index >= 15 is 0 Å². The molecule has 2 unspecified atom stereocenters. The van der Waals surface area contributed by atoms with Crippen LogP contribution in [-0.4, -0.2) is 0 Å². The SMILES string of the molecule is CC(C)C(NC1CCCc2sccc21)c1ccc(Cl)cc1. The monoisotopic (exact) mass is 319 g/mol. The van der Waals surface area contributed by atoms with Crippen molar-refractivity contribution in [1.29, 1.82) is 0 Å². The van der Waals surface area contributed by atoms with E-state index in [0.717, 1.165) is 5.02 Å². The number of hydrogen-bond acceptors (Lipinski definition) is 2. The van der Waals surface area contributed by atoms with Gasteiger partial charge in [-0.15, -0.1) is 11.3 Å². The maximum absolute atomic E-state index is 6.02. The van der Waals surface area contributed by atoms with E-state index in [2.05, 4.69) is 42.7 Å². The lowest BCUT2D eigenvalue weighted by atomic mass is 9.90. The highest BCUT2D eigenvalue weighted by atomic mass is 35.5. The summed E-state index contributed by atoms with van der Waals surface area (Å²) in [5.41, 5.74) is 2.85. The predicted octanol–water partition coefficient (Wildman–Crippen LogP) is 5.77. The average molecular weight is 320 g/mol. The molecule has 0 aliphatic heterocycles. The first-order valence-electron chi connectivity index (χ1n) is 7.73. The fourth-order valence-corrected chi connectivity index (χ4v) is 4.33. The molecule has 1 aliphatic carbocycles. The van der Waals surface area contributed by atoms with E-state index in [1.54, 1.807) is 4.88 Å². The van der Waals surface area contributed by atoms with Crippen LogP contribution in [0.5, 0.6) is 0 Å². The van der Waals surface area contributed by atoms with E-state index in [4.69, 9.17) is 11.6 Å². The fraction of sp³-hybridized carbons (Fsp3) is 0.444. The van der Waals surface area contributed by atoms with Gasteiger partial charge in [-0.1, -0.05) is 37.6 Å². The number of thiophene rings is 1. The van der Waals surface area contributed by atoms with E-state index < -0.39 is 0 Å². The topological polar surface area (TPSA) is 12.0 Å². The van der Waals surface area contributed by atoms with Crippen molar-refractivity contribution in [1.82, 2.24) is 5.32 Å². The highest BCUT2D eigenvalue weighted by Gasteiger charge is 2.25. The van der Waals surface area contributed by atoms with Gasteiger partial charge in [0.1, 0.15) is 0 Å². The van der Waals surface area contributed by atoms with Crippen LogP contribution >= 0.6 is 22.9 Å². The van der Waals surface area contributed by atoms with Crippen molar-refractivity contribution in [3.05, 3.63) is 56.7 Å².